The molecule has 1 aliphatic carbocycles. The predicted octanol–water partition coefficient (Wildman–Crippen LogP) is 3.73. The summed E-state index contributed by atoms with van der Waals surface area (Å²) >= 11 is 7.80. The molecule has 0 aromatic heterocycles. The highest BCUT2D eigenvalue weighted by atomic mass is 35.5. The van der Waals surface area contributed by atoms with E-state index in [1.807, 2.05) is 11.8 Å². The van der Waals surface area contributed by atoms with Gasteiger partial charge in [-0.25, -0.2) is 4.79 Å². The van der Waals surface area contributed by atoms with Crippen LogP contribution in [0.3, 0.4) is 0 Å². The highest BCUT2D eigenvalue weighted by Gasteiger charge is 2.24. The average molecular weight is 286 g/mol. The molecule has 0 aliphatic heterocycles. The van der Waals surface area contributed by atoms with Crippen LogP contribution < -0.4 is 5.32 Å². The summed E-state index contributed by atoms with van der Waals surface area (Å²) in [6.45, 7) is 0. The summed E-state index contributed by atoms with van der Waals surface area (Å²) in [4.78, 5) is 11.1. The van der Waals surface area contributed by atoms with E-state index in [2.05, 4.69) is 11.6 Å². The molecule has 0 heterocycles. The summed E-state index contributed by atoms with van der Waals surface area (Å²) in [5, 5.41) is 13.7. The summed E-state index contributed by atoms with van der Waals surface area (Å²) in [5.41, 5.74) is 0.911. The maximum absolute atomic E-state index is 11.1. The molecule has 5 heteroatoms. The van der Waals surface area contributed by atoms with E-state index in [0.717, 1.165) is 12.8 Å². The molecule has 0 bridgehead atoms. The van der Waals surface area contributed by atoms with Crippen molar-refractivity contribution in [2.75, 3.05) is 11.6 Å². The van der Waals surface area contributed by atoms with Crippen molar-refractivity contribution in [3.63, 3.8) is 0 Å². The number of anilines is 1. The van der Waals surface area contributed by atoms with Crippen LogP contribution in [0, 0.1) is 0 Å². The molecule has 2 N–H and O–H groups in total. The van der Waals surface area contributed by atoms with Crippen molar-refractivity contribution in [1.82, 2.24) is 0 Å². The van der Waals surface area contributed by atoms with Gasteiger partial charge in [0.05, 0.1) is 11.3 Å². The Balaban J connectivity index is 2.13. The van der Waals surface area contributed by atoms with Crippen molar-refractivity contribution < 1.29 is 9.90 Å². The number of thioether (sulfide) groups is 1. The molecule has 1 aromatic carbocycles. The number of carboxylic acid groups (broad SMARTS) is 1. The van der Waals surface area contributed by atoms with Crippen LogP contribution in [0.5, 0.6) is 0 Å². The minimum Gasteiger partial charge on any atom is -0.478 e. The van der Waals surface area contributed by atoms with Gasteiger partial charge < -0.3 is 10.4 Å². The zero-order valence-corrected chi connectivity index (χ0v) is 11.7. The second-order valence-corrected chi connectivity index (χ2v) is 6.08. The fourth-order valence-electron chi connectivity index (χ4n) is 2.33. The van der Waals surface area contributed by atoms with Gasteiger partial charge in [-0.15, -0.1) is 0 Å². The van der Waals surface area contributed by atoms with Crippen molar-refractivity contribution in [2.45, 2.75) is 30.6 Å². The first-order valence-electron chi connectivity index (χ1n) is 5.92. The Bertz CT molecular complexity index is 453. The van der Waals surface area contributed by atoms with Crippen LogP contribution in [-0.4, -0.2) is 28.6 Å². The first-order chi connectivity index (χ1) is 8.60. The van der Waals surface area contributed by atoms with Gasteiger partial charge in [-0.3, -0.25) is 0 Å². The standard InChI is InChI=1S/C13H16ClNO2S/c1-18-10-4-3-9(7-10)15-12-6-8(14)2-5-11(12)13(16)17/h2,5-6,9-10,15H,3-4,7H2,1H3,(H,16,17). The van der Waals surface area contributed by atoms with Gasteiger partial charge >= 0.3 is 5.97 Å². The normalized spacial score (nSPS) is 23.0. The second-order valence-electron chi connectivity index (χ2n) is 4.51. The Morgan fingerprint density at radius 1 is 1.50 bits per heavy atom. The molecule has 18 heavy (non-hydrogen) atoms. The van der Waals surface area contributed by atoms with Crippen molar-refractivity contribution in [3.8, 4) is 0 Å². The van der Waals surface area contributed by atoms with Crippen molar-refractivity contribution >= 4 is 35.0 Å². The van der Waals surface area contributed by atoms with Crippen LogP contribution in [-0.2, 0) is 0 Å². The third-order valence-corrected chi connectivity index (χ3v) is 4.62. The van der Waals surface area contributed by atoms with Gasteiger partial charge in [-0.1, -0.05) is 11.6 Å². The fraction of sp³-hybridized carbons (Fsp3) is 0.462. The molecule has 1 aromatic rings. The molecule has 3 nitrogen and oxygen atoms in total. The third kappa shape index (κ3) is 3.12. The number of hydrogen-bond acceptors (Lipinski definition) is 3. The average Bonchev–Trinajstić information content (AvgIpc) is 2.76. The first-order valence-corrected chi connectivity index (χ1v) is 7.59. The number of benzene rings is 1. The zero-order valence-electron chi connectivity index (χ0n) is 10.1. The molecule has 1 saturated carbocycles. The smallest absolute Gasteiger partial charge is 0.337 e. The van der Waals surface area contributed by atoms with Crippen molar-refractivity contribution in [3.05, 3.63) is 28.8 Å². The van der Waals surface area contributed by atoms with Crippen molar-refractivity contribution in [2.24, 2.45) is 0 Å². The molecular formula is C13H16ClNO2S. The fourth-order valence-corrected chi connectivity index (χ4v) is 3.30. The van der Waals surface area contributed by atoms with Crippen LogP contribution in [0.1, 0.15) is 29.6 Å². The Morgan fingerprint density at radius 2 is 2.28 bits per heavy atom. The highest BCUT2D eigenvalue weighted by Crippen LogP contribution is 2.31. The molecule has 1 aliphatic rings. The number of carbonyl (C=O) groups is 1. The van der Waals surface area contributed by atoms with Crippen LogP contribution >= 0.6 is 23.4 Å². The molecule has 0 saturated heterocycles. The lowest BCUT2D eigenvalue weighted by Crippen LogP contribution is -2.18. The maximum Gasteiger partial charge on any atom is 0.337 e. The molecule has 2 unspecified atom stereocenters. The Morgan fingerprint density at radius 3 is 2.89 bits per heavy atom. The lowest BCUT2D eigenvalue weighted by atomic mass is 10.1. The lowest BCUT2D eigenvalue weighted by Gasteiger charge is -2.16. The van der Waals surface area contributed by atoms with E-state index in [0.29, 0.717) is 22.0 Å². The molecule has 2 rings (SSSR count). The van der Waals surface area contributed by atoms with Crippen LogP contribution in [0.2, 0.25) is 5.02 Å². The maximum atomic E-state index is 11.1. The minimum atomic E-state index is -0.923. The van der Waals surface area contributed by atoms with Gasteiger partial charge in [0.15, 0.2) is 0 Å². The monoisotopic (exact) mass is 285 g/mol. The third-order valence-electron chi connectivity index (χ3n) is 3.29. The molecule has 0 spiro atoms. The Labute approximate surface area is 116 Å². The zero-order chi connectivity index (χ0) is 13.1. The van der Waals surface area contributed by atoms with E-state index in [4.69, 9.17) is 16.7 Å². The predicted molar refractivity (Wildman–Crippen MR) is 77.0 cm³/mol. The van der Waals surface area contributed by atoms with Crippen LogP contribution in [0.4, 0.5) is 5.69 Å². The number of halogens is 1. The summed E-state index contributed by atoms with van der Waals surface area (Å²) in [6.07, 6.45) is 5.46. The number of rotatable bonds is 4. The molecule has 98 valence electrons. The van der Waals surface area contributed by atoms with Gasteiger partial charge in [-0.2, -0.15) is 11.8 Å². The van der Waals surface area contributed by atoms with E-state index in [1.54, 1.807) is 18.2 Å². The summed E-state index contributed by atoms with van der Waals surface area (Å²) < 4.78 is 0. The van der Waals surface area contributed by atoms with E-state index in [1.165, 1.54) is 6.42 Å². The molecule has 0 radical (unpaired) electrons. The first kappa shape index (κ1) is 13.6. The van der Waals surface area contributed by atoms with E-state index in [-0.39, 0.29) is 5.56 Å². The minimum absolute atomic E-state index is 0.284. The Kier molecular flexibility index (Phi) is 4.40. The van der Waals surface area contributed by atoms with Gasteiger partial charge in [0, 0.05) is 16.3 Å². The quantitative estimate of drug-likeness (QED) is 0.885. The van der Waals surface area contributed by atoms with Crippen LogP contribution in [0.25, 0.3) is 0 Å². The second kappa shape index (κ2) is 5.85. The molecular weight excluding hydrogens is 270 g/mol. The van der Waals surface area contributed by atoms with E-state index in [9.17, 15) is 4.79 Å². The van der Waals surface area contributed by atoms with Crippen LogP contribution in [0.15, 0.2) is 18.2 Å². The highest BCUT2D eigenvalue weighted by molar-refractivity contribution is 7.99. The molecule has 2 atom stereocenters. The van der Waals surface area contributed by atoms with Gasteiger partial charge in [0.2, 0.25) is 0 Å². The van der Waals surface area contributed by atoms with E-state index >= 15 is 0 Å². The summed E-state index contributed by atoms with van der Waals surface area (Å²) in [5.74, 6) is -0.923. The molecule has 1 fully saturated rings. The number of hydrogen-bond donors (Lipinski definition) is 2. The Hall–Kier alpha value is -0.870. The SMILES string of the molecule is CSC1CCC(Nc2cc(Cl)ccc2C(=O)O)C1. The summed E-state index contributed by atoms with van der Waals surface area (Å²) in [7, 11) is 0. The number of aromatic carboxylic acids is 1. The van der Waals surface area contributed by atoms with Gasteiger partial charge in [0.1, 0.15) is 0 Å². The largest absolute Gasteiger partial charge is 0.478 e. The lowest BCUT2D eigenvalue weighted by molar-refractivity contribution is 0.0698. The topological polar surface area (TPSA) is 49.3 Å². The van der Waals surface area contributed by atoms with E-state index < -0.39 is 5.97 Å². The number of nitrogens with one attached hydrogen (secondary N) is 1. The van der Waals surface area contributed by atoms with Gasteiger partial charge in [-0.05, 0) is 43.7 Å². The van der Waals surface area contributed by atoms with Gasteiger partial charge in [0.25, 0.3) is 0 Å². The number of carboxylic acids is 1. The van der Waals surface area contributed by atoms with Crippen molar-refractivity contribution in [1.29, 1.82) is 0 Å². The summed E-state index contributed by atoms with van der Waals surface area (Å²) in [6, 6.07) is 5.19. The molecule has 0 amide bonds.